The van der Waals surface area contributed by atoms with Gasteiger partial charge in [-0.15, -0.1) is 0 Å². The Morgan fingerprint density at radius 1 is 1.05 bits per heavy atom. The molecule has 1 heteroatoms. The molecule has 1 aliphatic carbocycles. The van der Waals surface area contributed by atoms with Crippen LogP contribution in [-0.4, -0.2) is 12.6 Å². The maximum absolute atomic E-state index is 3.73. The van der Waals surface area contributed by atoms with Gasteiger partial charge in [-0.05, 0) is 48.6 Å². The van der Waals surface area contributed by atoms with Crippen LogP contribution in [0.2, 0.25) is 0 Å². The van der Waals surface area contributed by atoms with Gasteiger partial charge in [0.25, 0.3) is 0 Å². The van der Waals surface area contributed by atoms with Crippen molar-refractivity contribution < 1.29 is 0 Å². The van der Waals surface area contributed by atoms with Crippen LogP contribution in [0.25, 0.3) is 0 Å². The maximum atomic E-state index is 3.73. The number of hydrogen-bond acceptors (Lipinski definition) is 1. The summed E-state index contributed by atoms with van der Waals surface area (Å²) in [5.41, 5.74) is 2.45. The Hall–Kier alpha value is -0.820. The zero-order valence-electron chi connectivity index (χ0n) is 13.2. The molecule has 2 rings (SSSR count). The van der Waals surface area contributed by atoms with Crippen molar-refractivity contribution in [1.82, 2.24) is 5.32 Å². The van der Waals surface area contributed by atoms with E-state index >= 15 is 0 Å². The summed E-state index contributed by atoms with van der Waals surface area (Å²) in [5.74, 6) is 0.819. The van der Waals surface area contributed by atoms with Crippen LogP contribution in [0.1, 0.15) is 46.6 Å². The van der Waals surface area contributed by atoms with Gasteiger partial charge in [0.1, 0.15) is 0 Å². The van der Waals surface area contributed by atoms with Gasteiger partial charge >= 0.3 is 0 Å². The van der Waals surface area contributed by atoms with Gasteiger partial charge < -0.3 is 5.32 Å². The quantitative estimate of drug-likeness (QED) is 0.804. The summed E-state index contributed by atoms with van der Waals surface area (Å²) >= 11 is 0. The van der Waals surface area contributed by atoms with Gasteiger partial charge in [0, 0.05) is 6.04 Å². The van der Waals surface area contributed by atoms with Crippen LogP contribution in [0.3, 0.4) is 0 Å². The van der Waals surface area contributed by atoms with Gasteiger partial charge in [-0.3, -0.25) is 0 Å². The second-order valence-corrected chi connectivity index (χ2v) is 7.33. The molecule has 1 saturated carbocycles. The van der Waals surface area contributed by atoms with Crippen LogP contribution in [0.15, 0.2) is 30.3 Å². The predicted molar refractivity (Wildman–Crippen MR) is 83.3 cm³/mol. The van der Waals surface area contributed by atoms with Crippen LogP contribution in [0.5, 0.6) is 0 Å². The predicted octanol–water partition coefficient (Wildman–Crippen LogP) is 4.28. The molecule has 0 aliphatic heterocycles. The van der Waals surface area contributed by atoms with Crippen molar-refractivity contribution in [2.24, 2.45) is 16.7 Å². The van der Waals surface area contributed by atoms with Crippen molar-refractivity contribution in [1.29, 1.82) is 0 Å². The third kappa shape index (κ3) is 3.02. The summed E-state index contributed by atoms with van der Waals surface area (Å²) in [6.07, 6.45) is 2.39. The highest BCUT2D eigenvalue weighted by Crippen LogP contribution is 2.67. The molecule has 1 aromatic carbocycles. The monoisotopic (exact) mass is 259 g/mol. The third-order valence-electron chi connectivity index (χ3n) is 5.70. The lowest BCUT2D eigenvalue weighted by molar-refractivity contribution is 0.457. The minimum atomic E-state index is 0.499. The van der Waals surface area contributed by atoms with Crippen LogP contribution in [0.4, 0.5) is 0 Å². The number of nitrogens with one attached hydrogen (secondary N) is 1. The Kier molecular flexibility index (Phi) is 4.06. The highest BCUT2D eigenvalue weighted by atomic mass is 14.9. The van der Waals surface area contributed by atoms with Crippen molar-refractivity contribution in [2.75, 3.05) is 6.54 Å². The summed E-state index contributed by atoms with van der Waals surface area (Å²) in [7, 11) is 0. The van der Waals surface area contributed by atoms with E-state index in [1.165, 1.54) is 18.4 Å². The molecular weight excluding hydrogens is 230 g/mol. The van der Waals surface area contributed by atoms with E-state index in [1.54, 1.807) is 0 Å². The Labute approximate surface area is 118 Å². The van der Waals surface area contributed by atoms with Gasteiger partial charge in [0.2, 0.25) is 0 Å². The second kappa shape index (κ2) is 5.28. The average Bonchev–Trinajstić information content (AvgIpc) is 2.76. The first-order chi connectivity index (χ1) is 8.85. The molecular formula is C18H29N. The Balaban J connectivity index is 1.70. The zero-order chi connectivity index (χ0) is 14.1. The van der Waals surface area contributed by atoms with Crippen molar-refractivity contribution in [3.05, 3.63) is 35.9 Å². The molecule has 1 nitrogen and oxygen atoms in total. The Morgan fingerprint density at radius 3 is 2.16 bits per heavy atom. The molecule has 0 spiro atoms. The minimum absolute atomic E-state index is 0.499. The van der Waals surface area contributed by atoms with E-state index in [2.05, 4.69) is 70.3 Å². The highest BCUT2D eigenvalue weighted by molar-refractivity contribution is 5.15. The van der Waals surface area contributed by atoms with E-state index in [0.29, 0.717) is 16.9 Å². The maximum Gasteiger partial charge on any atom is 0.00420 e. The lowest BCUT2D eigenvalue weighted by Crippen LogP contribution is -2.29. The van der Waals surface area contributed by atoms with Gasteiger partial charge in [0.15, 0.2) is 0 Å². The van der Waals surface area contributed by atoms with Gasteiger partial charge in [-0.1, -0.05) is 58.0 Å². The van der Waals surface area contributed by atoms with Crippen LogP contribution in [0, 0.1) is 16.7 Å². The molecule has 0 aromatic heterocycles. The average molecular weight is 259 g/mol. The molecule has 0 heterocycles. The van der Waals surface area contributed by atoms with E-state index in [-0.39, 0.29) is 0 Å². The van der Waals surface area contributed by atoms with Crippen molar-refractivity contribution >= 4 is 0 Å². The summed E-state index contributed by atoms with van der Waals surface area (Å²) in [4.78, 5) is 0. The molecule has 0 saturated heterocycles. The zero-order valence-corrected chi connectivity index (χ0v) is 13.2. The molecule has 1 N–H and O–H groups in total. The van der Waals surface area contributed by atoms with E-state index in [4.69, 9.17) is 0 Å². The van der Waals surface area contributed by atoms with E-state index in [1.807, 2.05) is 0 Å². The number of aryl methyl sites for hydroxylation is 1. The topological polar surface area (TPSA) is 12.0 Å². The fourth-order valence-corrected chi connectivity index (χ4v) is 3.29. The van der Waals surface area contributed by atoms with E-state index in [0.717, 1.165) is 12.5 Å². The second-order valence-electron chi connectivity index (χ2n) is 7.33. The molecule has 1 atom stereocenters. The lowest BCUT2D eigenvalue weighted by atomic mass is 10.0. The summed E-state index contributed by atoms with van der Waals surface area (Å²) in [6, 6.07) is 11.4. The molecule has 1 unspecified atom stereocenters. The van der Waals surface area contributed by atoms with E-state index in [9.17, 15) is 0 Å². The molecule has 1 fully saturated rings. The van der Waals surface area contributed by atoms with E-state index < -0.39 is 0 Å². The van der Waals surface area contributed by atoms with Crippen molar-refractivity contribution in [2.45, 2.75) is 53.5 Å². The fourth-order valence-electron chi connectivity index (χ4n) is 3.29. The van der Waals surface area contributed by atoms with Gasteiger partial charge in [-0.2, -0.15) is 0 Å². The Morgan fingerprint density at radius 2 is 1.63 bits per heavy atom. The molecule has 19 heavy (non-hydrogen) atoms. The molecule has 0 radical (unpaired) electrons. The van der Waals surface area contributed by atoms with Crippen molar-refractivity contribution in [3.63, 3.8) is 0 Å². The summed E-state index contributed by atoms with van der Waals surface area (Å²) in [5, 5.41) is 3.73. The molecule has 1 aromatic rings. The largest absolute Gasteiger partial charge is 0.314 e. The molecule has 0 amide bonds. The first kappa shape index (κ1) is 14.6. The standard InChI is InChI=1S/C18H29N/c1-14(11-12-15-9-7-6-8-10-15)19-13-16-17(2,3)18(16,4)5/h6-10,14,16,19H,11-13H2,1-5H3. The minimum Gasteiger partial charge on any atom is -0.314 e. The molecule has 1 aliphatic rings. The first-order valence-electron chi connectivity index (χ1n) is 7.63. The van der Waals surface area contributed by atoms with Crippen LogP contribution in [-0.2, 0) is 6.42 Å². The van der Waals surface area contributed by atoms with Crippen LogP contribution < -0.4 is 5.32 Å². The normalized spacial score (nSPS) is 22.2. The number of hydrogen-bond donors (Lipinski definition) is 1. The Bertz CT molecular complexity index is 391. The smallest absolute Gasteiger partial charge is 0.00420 e. The lowest BCUT2D eigenvalue weighted by Gasteiger charge is -2.14. The highest BCUT2D eigenvalue weighted by Gasteiger charge is 2.63. The van der Waals surface area contributed by atoms with Gasteiger partial charge in [0.05, 0.1) is 0 Å². The summed E-state index contributed by atoms with van der Waals surface area (Å²) < 4.78 is 0. The molecule has 106 valence electrons. The summed E-state index contributed by atoms with van der Waals surface area (Å²) in [6.45, 7) is 13.1. The number of benzene rings is 1. The first-order valence-corrected chi connectivity index (χ1v) is 7.63. The fraction of sp³-hybridized carbons (Fsp3) is 0.667. The van der Waals surface area contributed by atoms with Crippen LogP contribution >= 0.6 is 0 Å². The molecule has 0 bridgehead atoms. The third-order valence-corrected chi connectivity index (χ3v) is 5.70. The van der Waals surface area contributed by atoms with Gasteiger partial charge in [-0.25, -0.2) is 0 Å². The van der Waals surface area contributed by atoms with Crippen molar-refractivity contribution in [3.8, 4) is 0 Å². The number of rotatable bonds is 6. The SMILES string of the molecule is CC(CCc1ccccc1)NCC1C(C)(C)C1(C)C.